The SMILES string of the molecule is C[C@@H]1[C@H](C(=O)O)CCCN1C(=O)Cc1cccc(NS(C)(=O)=O)c1. The Balaban J connectivity index is 2.09. The summed E-state index contributed by atoms with van der Waals surface area (Å²) in [7, 11) is -3.38. The van der Waals surface area contributed by atoms with Crippen molar-refractivity contribution in [1.29, 1.82) is 0 Å². The summed E-state index contributed by atoms with van der Waals surface area (Å²) in [4.78, 5) is 25.4. The number of carboxylic acid groups (broad SMARTS) is 1. The van der Waals surface area contributed by atoms with Gasteiger partial charge in [-0.25, -0.2) is 8.42 Å². The van der Waals surface area contributed by atoms with E-state index in [1.807, 2.05) is 0 Å². The number of rotatable bonds is 5. The minimum absolute atomic E-state index is 0.107. The first-order valence-electron chi connectivity index (χ1n) is 7.76. The first-order chi connectivity index (χ1) is 11.2. The van der Waals surface area contributed by atoms with Crippen LogP contribution in [0.4, 0.5) is 5.69 Å². The Labute approximate surface area is 141 Å². The standard InChI is InChI=1S/C16H22N2O5S/c1-11-14(16(20)21)7-4-8-18(11)15(19)10-12-5-3-6-13(9-12)17-24(2,22)23/h3,5-6,9,11,14,17H,4,7-8,10H2,1-2H3,(H,20,21)/t11-,14-/m1/s1. The lowest BCUT2D eigenvalue weighted by atomic mass is 9.90. The minimum atomic E-state index is -3.38. The summed E-state index contributed by atoms with van der Waals surface area (Å²) in [5.41, 5.74) is 1.08. The zero-order valence-electron chi connectivity index (χ0n) is 13.7. The highest BCUT2D eigenvalue weighted by Gasteiger charge is 2.35. The lowest BCUT2D eigenvalue weighted by molar-refractivity contribution is -0.148. The fraction of sp³-hybridized carbons (Fsp3) is 0.500. The molecule has 0 spiro atoms. The average Bonchev–Trinajstić information content (AvgIpc) is 2.45. The van der Waals surface area contributed by atoms with Crippen molar-refractivity contribution in [3.05, 3.63) is 29.8 Å². The Kier molecular flexibility index (Phi) is 5.48. The van der Waals surface area contributed by atoms with Crippen molar-refractivity contribution in [1.82, 2.24) is 4.90 Å². The molecule has 8 heteroatoms. The van der Waals surface area contributed by atoms with Crippen molar-refractivity contribution in [2.45, 2.75) is 32.2 Å². The van der Waals surface area contributed by atoms with Gasteiger partial charge in [-0.3, -0.25) is 14.3 Å². The monoisotopic (exact) mass is 354 g/mol. The van der Waals surface area contributed by atoms with Gasteiger partial charge in [0.1, 0.15) is 0 Å². The van der Waals surface area contributed by atoms with Gasteiger partial charge < -0.3 is 10.0 Å². The number of aliphatic carboxylic acids is 1. The Morgan fingerprint density at radius 1 is 1.38 bits per heavy atom. The summed E-state index contributed by atoms with van der Waals surface area (Å²) in [5, 5.41) is 9.24. The van der Waals surface area contributed by atoms with Gasteiger partial charge in [0.2, 0.25) is 15.9 Å². The highest BCUT2D eigenvalue weighted by Crippen LogP contribution is 2.24. The fourth-order valence-corrected chi connectivity index (χ4v) is 3.62. The maximum atomic E-state index is 12.5. The Bertz CT molecular complexity index is 732. The van der Waals surface area contributed by atoms with Crippen LogP contribution in [0, 0.1) is 5.92 Å². The second-order valence-electron chi connectivity index (χ2n) is 6.17. The molecule has 0 bridgehead atoms. The first-order valence-corrected chi connectivity index (χ1v) is 9.65. The van der Waals surface area contributed by atoms with Crippen molar-refractivity contribution in [2.75, 3.05) is 17.5 Å². The van der Waals surface area contributed by atoms with E-state index in [4.69, 9.17) is 0 Å². The molecule has 1 amide bonds. The summed E-state index contributed by atoms with van der Waals surface area (Å²) in [5.74, 6) is -1.56. The third kappa shape index (κ3) is 4.70. The molecule has 1 heterocycles. The molecule has 0 saturated carbocycles. The van der Waals surface area contributed by atoms with Gasteiger partial charge in [-0.2, -0.15) is 0 Å². The second kappa shape index (κ2) is 7.21. The average molecular weight is 354 g/mol. The predicted molar refractivity (Wildman–Crippen MR) is 90.1 cm³/mol. The number of piperidine rings is 1. The third-order valence-corrected chi connectivity index (χ3v) is 4.82. The van der Waals surface area contributed by atoms with E-state index in [9.17, 15) is 23.1 Å². The highest BCUT2D eigenvalue weighted by atomic mass is 32.2. The molecular weight excluding hydrogens is 332 g/mol. The highest BCUT2D eigenvalue weighted by molar-refractivity contribution is 7.92. The number of amides is 1. The van der Waals surface area contributed by atoms with E-state index >= 15 is 0 Å². The van der Waals surface area contributed by atoms with Gasteiger partial charge in [0.05, 0.1) is 18.6 Å². The molecular formula is C16H22N2O5S. The van der Waals surface area contributed by atoms with Crippen LogP contribution < -0.4 is 4.72 Å². The summed E-state index contributed by atoms with van der Waals surface area (Å²) < 4.78 is 24.9. The van der Waals surface area contributed by atoms with Gasteiger partial charge in [0.15, 0.2) is 0 Å². The van der Waals surface area contributed by atoms with Gasteiger partial charge in [-0.1, -0.05) is 12.1 Å². The summed E-state index contributed by atoms with van der Waals surface area (Å²) in [6.07, 6.45) is 2.42. The van der Waals surface area contributed by atoms with E-state index in [0.717, 1.165) is 6.26 Å². The van der Waals surface area contributed by atoms with Crippen LogP contribution in [-0.4, -0.2) is 49.1 Å². The lowest BCUT2D eigenvalue weighted by Gasteiger charge is -2.37. The molecule has 1 aliphatic heterocycles. The molecule has 1 saturated heterocycles. The van der Waals surface area contributed by atoms with Crippen molar-refractivity contribution < 1.29 is 23.1 Å². The number of hydrogen-bond acceptors (Lipinski definition) is 4. The number of carbonyl (C=O) groups is 2. The topological polar surface area (TPSA) is 104 Å². The summed E-state index contributed by atoms with van der Waals surface area (Å²) in [6.45, 7) is 2.31. The maximum absolute atomic E-state index is 12.5. The molecule has 1 aromatic carbocycles. The van der Waals surface area contributed by atoms with E-state index < -0.39 is 21.9 Å². The van der Waals surface area contributed by atoms with Crippen molar-refractivity contribution >= 4 is 27.6 Å². The van der Waals surface area contributed by atoms with Crippen LogP contribution >= 0.6 is 0 Å². The minimum Gasteiger partial charge on any atom is -0.481 e. The molecule has 0 aromatic heterocycles. The molecule has 2 rings (SSSR count). The number of nitrogens with one attached hydrogen (secondary N) is 1. The number of carboxylic acids is 1. The van der Waals surface area contributed by atoms with E-state index in [2.05, 4.69) is 4.72 Å². The molecule has 1 aromatic rings. The molecule has 0 unspecified atom stereocenters. The number of anilines is 1. The second-order valence-corrected chi connectivity index (χ2v) is 7.91. The van der Waals surface area contributed by atoms with E-state index in [0.29, 0.717) is 30.6 Å². The van der Waals surface area contributed by atoms with Crippen LogP contribution in [0.25, 0.3) is 0 Å². The van der Waals surface area contributed by atoms with Crippen LogP contribution in [0.3, 0.4) is 0 Å². The largest absolute Gasteiger partial charge is 0.481 e. The molecule has 2 N–H and O–H groups in total. The van der Waals surface area contributed by atoms with Gasteiger partial charge in [-0.05, 0) is 37.5 Å². The van der Waals surface area contributed by atoms with Crippen LogP contribution in [0.15, 0.2) is 24.3 Å². The number of sulfonamides is 1. The summed E-state index contributed by atoms with van der Waals surface area (Å²) in [6, 6.07) is 6.30. The Morgan fingerprint density at radius 2 is 2.08 bits per heavy atom. The number of nitrogens with zero attached hydrogens (tertiary/aromatic N) is 1. The molecule has 0 aliphatic carbocycles. The lowest BCUT2D eigenvalue weighted by Crippen LogP contribution is -2.49. The Morgan fingerprint density at radius 3 is 2.71 bits per heavy atom. The molecule has 2 atom stereocenters. The van der Waals surface area contributed by atoms with E-state index in [1.165, 1.54) is 0 Å². The molecule has 24 heavy (non-hydrogen) atoms. The van der Waals surface area contributed by atoms with Gasteiger partial charge in [0.25, 0.3) is 0 Å². The fourth-order valence-electron chi connectivity index (χ4n) is 3.06. The van der Waals surface area contributed by atoms with Crippen LogP contribution in [-0.2, 0) is 26.0 Å². The normalized spacial score (nSPS) is 21.3. The molecule has 132 valence electrons. The Hall–Kier alpha value is -2.09. The molecule has 1 aliphatic rings. The third-order valence-electron chi connectivity index (χ3n) is 4.21. The smallest absolute Gasteiger partial charge is 0.308 e. The number of carbonyl (C=O) groups excluding carboxylic acids is 1. The number of likely N-dealkylation sites (tertiary alicyclic amines) is 1. The van der Waals surface area contributed by atoms with E-state index in [1.54, 1.807) is 36.1 Å². The maximum Gasteiger partial charge on any atom is 0.308 e. The molecule has 1 fully saturated rings. The van der Waals surface area contributed by atoms with Crippen LogP contribution in [0.5, 0.6) is 0 Å². The zero-order valence-corrected chi connectivity index (χ0v) is 14.5. The van der Waals surface area contributed by atoms with Crippen LogP contribution in [0.2, 0.25) is 0 Å². The number of benzene rings is 1. The van der Waals surface area contributed by atoms with E-state index in [-0.39, 0.29) is 18.4 Å². The van der Waals surface area contributed by atoms with Gasteiger partial charge >= 0.3 is 5.97 Å². The predicted octanol–water partition coefficient (Wildman–Crippen LogP) is 1.31. The van der Waals surface area contributed by atoms with Crippen molar-refractivity contribution in [3.8, 4) is 0 Å². The van der Waals surface area contributed by atoms with Crippen LogP contribution in [0.1, 0.15) is 25.3 Å². The molecule has 7 nitrogen and oxygen atoms in total. The van der Waals surface area contributed by atoms with Gasteiger partial charge in [-0.15, -0.1) is 0 Å². The summed E-state index contributed by atoms with van der Waals surface area (Å²) >= 11 is 0. The molecule has 0 radical (unpaired) electrons. The zero-order chi connectivity index (χ0) is 17.9. The van der Waals surface area contributed by atoms with Gasteiger partial charge in [0, 0.05) is 18.3 Å². The quantitative estimate of drug-likeness (QED) is 0.830. The van der Waals surface area contributed by atoms with Crippen molar-refractivity contribution in [3.63, 3.8) is 0 Å². The van der Waals surface area contributed by atoms with Crippen molar-refractivity contribution in [2.24, 2.45) is 5.92 Å². The number of hydrogen-bond donors (Lipinski definition) is 2. The first kappa shape index (κ1) is 18.3.